The maximum atomic E-state index is 13.2. The molecule has 0 saturated carbocycles. The van der Waals surface area contributed by atoms with Gasteiger partial charge in [0.05, 0.1) is 5.56 Å². The third kappa shape index (κ3) is 2.54. The van der Waals surface area contributed by atoms with Gasteiger partial charge in [-0.3, -0.25) is 4.98 Å². The molecule has 0 spiro atoms. The molecule has 98 valence electrons. The third-order valence-corrected chi connectivity index (χ3v) is 2.16. The Hall–Kier alpha value is -2.44. The first-order chi connectivity index (χ1) is 9.00. The Morgan fingerprint density at radius 1 is 1.11 bits per heavy atom. The van der Waals surface area contributed by atoms with Crippen molar-refractivity contribution in [3.63, 3.8) is 0 Å². The summed E-state index contributed by atoms with van der Waals surface area (Å²) in [6.45, 7) is 0. The minimum Gasteiger partial charge on any atom is -0.416 e. The van der Waals surface area contributed by atoms with E-state index >= 15 is 0 Å². The van der Waals surface area contributed by atoms with Crippen LogP contribution in [0.15, 0.2) is 30.6 Å². The minimum atomic E-state index is -1.78. The molecule has 0 bridgehead atoms. The zero-order chi connectivity index (χ0) is 14.0. The van der Waals surface area contributed by atoms with Crippen molar-refractivity contribution in [1.82, 2.24) is 4.98 Å². The van der Waals surface area contributed by atoms with Crippen LogP contribution < -0.4 is 4.74 Å². The van der Waals surface area contributed by atoms with Crippen LogP contribution in [0, 0.1) is 23.3 Å². The van der Waals surface area contributed by atoms with E-state index in [2.05, 4.69) is 9.72 Å². The molecule has 2 rings (SSSR count). The highest BCUT2D eigenvalue weighted by molar-refractivity contribution is 5.90. The molecule has 0 radical (unpaired) electrons. The van der Waals surface area contributed by atoms with Gasteiger partial charge in [-0.2, -0.15) is 8.78 Å². The number of hydrogen-bond donors (Lipinski definition) is 0. The Balaban J connectivity index is 2.37. The molecule has 1 heterocycles. The van der Waals surface area contributed by atoms with Crippen LogP contribution in [0.2, 0.25) is 0 Å². The Bertz CT molecular complexity index is 605. The first-order valence-electron chi connectivity index (χ1n) is 4.96. The number of aromatic nitrogens is 1. The number of nitrogens with zero attached hydrogens (tertiary/aromatic N) is 1. The van der Waals surface area contributed by atoms with E-state index in [0.717, 1.165) is 6.20 Å². The summed E-state index contributed by atoms with van der Waals surface area (Å²) in [6.07, 6.45) is 2.44. The van der Waals surface area contributed by atoms with E-state index in [-0.39, 0.29) is 11.6 Å². The SMILES string of the molecule is O=C(Oc1c(F)c(F)cc(F)c1F)c1cccnc1. The van der Waals surface area contributed by atoms with Gasteiger partial charge >= 0.3 is 5.97 Å². The lowest BCUT2D eigenvalue weighted by atomic mass is 10.2. The van der Waals surface area contributed by atoms with Gasteiger partial charge in [-0.15, -0.1) is 0 Å². The Kier molecular flexibility index (Phi) is 3.46. The van der Waals surface area contributed by atoms with Crippen LogP contribution in [-0.2, 0) is 0 Å². The molecule has 0 N–H and O–H groups in total. The molecule has 2 aromatic rings. The molecule has 19 heavy (non-hydrogen) atoms. The molecule has 3 nitrogen and oxygen atoms in total. The largest absolute Gasteiger partial charge is 0.416 e. The van der Waals surface area contributed by atoms with Crippen molar-refractivity contribution >= 4 is 5.97 Å². The molecule has 0 saturated heterocycles. The number of ether oxygens (including phenoxy) is 1. The first-order valence-corrected chi connectivity index (χ1v) is 4.96. The standard InChI is InChI=1S/C12H5F4NO2/c13-7-4-8(14)10(16)11(9(7)15)19-12(18)6-2-1-3-17-5-6/h1-5H. The molecular formula is C12H5F4NO2. The van der Waals surface area contributed by atoms with E-state index in [1.54, 1.807) is 0 Å². The van der Waals surface area contributed by atoms with Crippen LogP contribution in [0.1, 0.15) is 10.4 Å². The molecule has 7 heteroatoms. The summed E-state index contributed by atoms with van der Waals surface area (Å²) in [5.74, 6) is -9.49. The van der Waals surface area contributed by atoms with E-state index in [9.17, 15) is 22.4 Å². The minimum absolute atomic E-state index is 0.0199. The summed E-state index contributed by atoms with van der Waals surface area (Å²) in [5, 5.41) is 0. The van der Waals surface area contributed by atoms with Crippen molar-refractivity contribution in [3.8, 4) is 5.75 Å². The highest BCUT2D eigenvalue weighted by atomic mass is 19.2. The van der Waals surface area contributed by atoms with Crippen LogP contribution in [-0.4, -0.2) is 11.0 Å². The van der Waals surface area contributed by atoms with Gasteiger partial charge in [-0.25, -0.2) is 13.6 Å². The Morgan fingerprint density at radius 3 is 2.26 bits per heavy atom. The average Bonchev–Trinajstić information content (AvgIpc) is 2.42. The number of hydrogen-bond acceptors (Lipinski definition) is 3. The number of pyridine rings is 1. The zero-order valence-corrected chi connectivity index (χ0v) is 9.16. The summed E-state index contributed by atoms with van der Waals surface area (Å²) in [5.41, 5.74) is -0.119. The lowest BCUT2D eigenvalue weighted by Gasteiger charge is -2.07. The number of esters is 1. The normalized spacial score (nSPS) is 10.3. The molecule has 0 aliphatic heterocycles. The second-order valence-electron chi connectivity index (χ2n) is 3.43. The highest BCUT2D eigenvalue weighted by Crippen LogP contribution is 2.27. The lowest BCUT2D eigenvalue weighted by Crippen LogP contribution is -2.12. The fourth-order valence-corrected chi connectivity index (χ4v) is 1.28. The molecule has 1 aromatic heterocycles. The van der Waals surface area contributed by atoms with Gasteiger partial charge in [0.15, 0.2) is 11.6 Å². The molecule has 0 amide bonds. The van der Waals surface area contributed by atoms with Gasteiger partial charge < -0.3 is 4.74 Å². The lowest BCUT2D eigenvalue weighted by molar-refractivity contribution is 0.0717. The molecule has 1 aromatic carbocycles. The van der Waals surface area contributed by atoms with E-state index in [1.165, 1.54) is 18.3 Å². The summed E-state index contributed by atoms with van der Waals surface area (Å²) in [4.78, 5) is 15.1. The van der Waals surface area contributed by atoms with Crippen LogP contribution in [0.5, 0.6) is 5.75 Å². The van der Waals surface area contributed by atoms with Crippen LogP contribution in [0.3, 0.4) is 0 Å². The van der Waals surface area contributed by atoms with Crippen molar-refractivity contribution in [2.75, 3.05) is 0 Å². The quantitative estimate of drug-likeness (QED) is 0.365. The maximum Gasteiger partial charge on any atom is 0.345 e. The Labute approximate surface area is 104 Å². The van der Waals surface area contributed by atoms with E-state index < -0.39 is 35.0 Å². The van der Waals surface area contributed by atoms with E-state index in [1.807, 2.05) is 0 Å². The summed E-state index contributed by atoms with van der Waals surface area (Å²) in [6, 6.07) is 2.67. The van der Waals surface area contributed by atoms with E-state index in [4.69, 9.17) is 0 Å². The fraction of sp³-hybridized carbons (Fsp3) is 0. The predicted molar refractivity (Wildman–Crippen MR) is 55.5 cm³/mol. The van der Waals surface area contributed by atoms with Crippen molar-refractivity contribution < 1.29 is 27.1 Å². The number of carbonyl (C=O) groups excluding carboxylic acids is 1. The zero-order valence-electron chi connectivity index (χ0n) is 9.16. The predicted octanol–water partition coefficient (Wildman–Crippen LogP) is 2.86. The van der Waals surface area contributed by atoms with Crippen LogP contribution in [0.4, 0.5) is 17.6 Å². The third-order valence-electron chi connectivity index (χ3n) is 2.16. The Morgan fingerprint density at radius 2 is 1.74 bits per heavy atom. The topological polar surface area (TPSA) is 39.2 Å². The smallest absolute Gasteiger partial charge is 0.345 e. The van der Waals surface area contributed by atoms with Gasteiger partial charge in [-0.05, 0) is 12.1 Å². The molecule has 0 aliphatic carbocycles. The molecular weight excluding hydrogens is 266 g/mol. The molecule has 0 unspecified atom stereocenters. The second-order valence-corrected chi connectivity index (χ2v) is 3.43. The van der Waals surface area contributed by atoms with Crippen LogP contribution >= 0.6 is 0 Å². The van der Waals surface area contributed by atoms with Crippen molar-refractivity contribution in [1.29, 1.82) is 0 Å². The summed E-state index contributed by atoms with van der Waals surface area (Å²) >= 11 is 0. The first kappa shape index (κ1) is 13.0. The number of rotatable bonds is 2. The average molecular weight is 271 g/mol. The van der Waals surface area contributed by atoms with E-state index in [0.29, 0.717) is 0 Å². The monoisotopic (exact) mass is 271 g/mol. The number of carbonyl (C=O) groups is 1. The highest BCUT2D eigenvalue weighted by Gasteiger charge is 2.23. The fourth-order valence-electron chi connectivity index (χ4n) is 1.28. The summed E-state index contributed by atoms with van der Waals surface area (Å²) in [7, 11) is 0. The molecule has 0 atom stereocenters. The molecule has 0 aliphatic rings. The van der Waals surface area contributed by atoms with Gasteiger partial charge in [-0.1, -0.05) is 0 Å². The van der Waals surface area contributed by atoms with Gasteiger partial charge in [0.2, 0.25) is 17.4 Å². The van der Waals surface area contributed by atoms with Crippen molar-refractivity contribution in [2.24, 2.45) is 0 Å². The molecule has 0 fully saturated rings. The van der Waals surface area contributed by atoms with Gasteiger partial charge in [0.1, 0.15) is 0 Å². The number of benzene rings is 1. The van der Waals surface area contributed by atoms with Crippen molar-refractivity contribution in [3.05, 3.63) is 59.4 Å². The summed E-state index contributed by atoms with van der Waals surface area (Å²) < 4.78 is 56.6. The van der Waals surface area contributed by atoms with Gasteiger partial charge in [0, 0.05) is 18.5 Å². The maximum absolute atomic E-state index is 13.2. The second kappa shape index (κ2) is 5.05. The number of halogens is 4. The van der Waals surface area contributed by atoms with Crippen molar-refractivity contribution in [2.45, 2.75) is 0 Å². The van der Waals surface area contributed by atoms with Gasteiger partial charge in [0.25, 0.3) is 0 Å². The van der Waals surface area contributed by atoms with Crippen LogP contribution in [0.25, 0.3) is 0 Å².